The number of piperidine rings is 1. The summed E-state index contributed by atoms with van der Waals surface area (Å²) >= 11 is 11.8. The summed E-state index contributed by atoms with van der Waals surface area (Å²) in [5.74, 6) is 0.548. The lowest BCUT2D eigenvalue weighted by molar-refractivity contribution is -0.122. The van der Waals surface area contributed by atoms with Gasteiger partial charge >= 0.3 is 0 Å². The van der Waals surface area contributed by atoms with Gasteiger partial charge in [-0.05, 0) is 37.6 Å². The fourth-order valence-corrected chi connectivity index (χ4v) is 2.58. The third kappa shape index (κ3) is 6.30. The van der Waals surface area contributed by atoms with E-state index in [1.165, 1.54) is 0 Å². The number of ether oxygens (including phenoxy) is 1. The van der Waals surface area contributed by atoms with Crippen LogP contribution in [0, 0.1) is 0 Å². The maximum Gasteiger partial charge on any atom is 0.223 e. The topological polar surface area (TPSA) is 50.4 Å². The van der Waals surface area contributed by atoms with E-state index in [4.69, 9.17) is 27.9 Å². The molecule has 1 unspecified atom stereocenters. The molecule has 1 aliphatic heterocycles. The normalized spacial score (nSPS) is 17.7. The van der Waals surface area contributed by atoms with Gasteiger partial charge in [0.25, 0.3) is 0 Å². The van der Waals surface area contributed by atoms with Crippen molar-refractivity contribution in [3.05, 3.63) is 28.2 Å². The molecule has 1 aliphatic rings. The monoisotopic (exact) mass is 352 g/mol. The van der Waals surface area contributed by atoms with Crippen molar-refractivity contribution in [3.63, 3.8) is 0 Å². The van der Waals surface area contributed by atoms with E-state index >= 15 is 0 Å². The van der Waals surface area contributed by atoms with Gasteiger partial charge in [0.2, 0.25) is 5.91 Å². The summed E-state index contributed by atoms with van der Waals surface area (Å²) < 4.78 is 5.48. The van der Waals surface area contributed by atoms with Crippen LogP contribution in [0.1, 0.15) is 19.3 Å². The number of carbonyl (C=O) groups is 1. The molecule has 0 saturated carbocycles. The Labute approximate surface area is 140 Å². The van der Waals surface area contributed by atoms with Gasteiger partial charge in [-0.25, -0.2) is 0 Å². The Kier molecular flexibility index (Phi) is 8.19. The molecule has 0 aliphatic carbocycles. The van der Waals surface area contributed by atoms with Crippen molar-refractivity contribution in [3.8, 4) is 5.75 Å². The van der Waals surface area contributed by atoms with Gasteiger partial charge in [-0.15, -0.1) is 12.4 Å². The van der Waals surface area contributed by atoms with Crippen molar-refractivity contribution < 1.29 is 9.53 Å². The molecule has 7 heteroatoms. The van der Waals surface area contributed by atoms with Crippen LogP contribution in [0.15, 0.2) is 18.2 Å². The molecule has 4 nitrogen and oxygen atoms in total. The first-order chi connectivity index (χ1) is 9.65. The molecule has 0 aromatic heterocycles. The van der Waals surface area contributed by atoms with Crippen molar-refractivity contribution in [1.82, 2.24) is 10.6 Å². The largest absolute Gasteiger partial charge is 0.491 e. The lowest BCUT2D eigenvalue weighted by Crippen LogP contribution is -2.45. The molecular weight excluding hydrogens is 335 g/mol. The maximum absolute atomic E-state index is 11.8. The van der Waals surface area contributed by atoms with Gasteiger partial charge in [-0.2, -0.15) is 0 Å². The van der Waals surface area contributed by atoms with Gasteiger partial charge in [0, 0.05) is 17.6 Å². The van der Waals surface area contributed by atoms with E-state index in [9.17, 15) is 4.79 Å². The summed E-state index contributed by atoms with van der Waals surface area (Å²) in [7, 11) is 0. The van der Waals surface area contributed by atoms with E-state index in [0.29, 0.717) is 28.8 Å². The third-order valence-corrected chi connectivity index (χ3v) is 3.67. The molecule has 1 atom stereocenters. The summed E-state index contributed by atoms with van der Waals surface area (Å²) in [6.07, 6.45) is 2.44. The Morgan fingerprint density at radius 2 is 2.24 bits per heavy atom. The van der Waals surface area contributed by atoms with Crippen LogP contribution >= 0.6 is 35.6 Å². The predicted octanol–water partition coefficient (Wildman–Crippen LogP) is 3.05. The highest BCUT2D eigenvalue weighted by Crippen LogP contribution is 2.27. The molecule has 1 saturated heterocycles. The molecule has 1 aromatic rings. The van der Waals surface area contributed by atoms with Gasteiger partial charge in [-0.3, -0.25) is 4.79 Å². The van der Waals surface area contributed by atoms with Gasteiger partial charge < -0.3 is 15.4 Å². The number of rotatable bonds is 5. The standard InChI is InChI=1S/C14H18Cl2N2O2.ClH/c15-10-3-4-13(12(16)8-10)20-7-5-14(19)18-11-2-1-6-17-9-11;/h3-4,8,11,17H,1-2,5-7,9H2,(H,18,19);1H. The van der Waals surface area contributed by atoms with Crippen LogP contribution in [0.3, 0.4) is 0 Å². The number of amides is 1. The highest BCUT2D eigenvalue weighted by atomic mass is 35.5. The van der Waals surface area contributed by atoms with Crippen molar-refractivity contribution >= 4 is 41.5 Å². The van der Waals surface area contributed by atoms with Crippen LogP contribution in [0.5, 0.6) is 5.75 Å². The van der Waals surface area contributed by atoms with Crippen molar-refractivity contribution in [2.45, 2.75) is 25.3 Å². The second kappa shape index (κ2) is 9.36. The number of carbonyl (C=O) groups excluding carboxylic acids is 1. The lowest BCUT2D eigenvalue weighted by atomic mass is 10.1. The first kappa shape index (κ1) is 18.4. The molecule has 1 aromatic carbocycles. The Morgan fingerprint density at radius 1 is 1.43 bits per heavy atom. The van der Waals surface area contributed by atoms with Crippen molar-refractivity contribution in [2.75, 3.05) is 19.7 Å². The Balaban J connectivity index is 0.00000220. The van der Waals surface area contributed by atoms with Crippen molar-refractivity contribution in [2.24, 2.45) is 0 Å². The molecule has 2 rings (SSSR count). The van der Waals surface area contributed by atoms with E-state index < -0.39 is 0 Å². The smallest absolute Gasteiger partial charge is 0.223 e. The summed E-state index contributed by atoms with van der Waals surface area (Å²) in [6.45, 7) is 2.17. The molecule has 1 heterocycles. The average Bonchev–Trinajstić information content (AvgIpc) is 2.42. The van der Waals surface area contributed by atoms with Crippen LogP contribution in [0.25, 0.3) is 0 Å². The summed E-state index contributed by atoms with van der Waals surface area (Å²) in [6, 6.07) is 5.26. The molecular formula is C14H19Cl3N2O2. The molecule has 1 fully saturated rings. The van der Waals surface area contributed by atoms with Crippen LogP contribution < -0.4 is 15.4 Å². The minimum absolute atomic E-state index is 0. The van der Waals surface area contributed by atoms with Crippen LogP contribution in [-0.2, 0) is 4.79 Å². The van der Waals surface area contributed by atoms with Crippen LogP contribution in [-0.4, -0.2) is 31.6 Å². The Morgan fingerprint density at radius 3 is 2.90 bits per heavy atom. The minimum atomic E-state index is 0. The summed E-state index contributed by atoms with van der Waals surface area (Å²) in [5, 5.41) is 7.27. The van der Waals surface area contributed by atoms with E-state index in [-0.39, 0.29) is 24.4 Å². The predicted molar refractivity (Wildman–Crippen MR) is 87.9 cm³/mol. The number of halogens is 3. The van der Waals surface area contributed by atoms with Gasteiger partial charge in [-0.1, -0.05) is 23.2 Å². The van der Waals surface area contributed by atoms with Gasteiger partial charge in [0.1, 0.15) is 5.75 Å². The molecule has 118 valence electrons. The van der Waals surface area contributed by atoms with Crippen molar-refractivity contribution in [1.29, 1.82) is 0 Å². The number of nitrogens with one attached hydrogen (secondary N) is 2. The molecule has 1 amide bonds. The average molecular weight is 354 g/mol. The maximum atomic E-state index is 11.8. The molecule has 21 heavy (non-hydrogen) atoms. The lowest BCUT2D eigenvalue weighted by Gasteiger charge is -2.23. The minimum Gasteiger partial charge on any atom is -0.491 e. The fourth-order valence-electron chi connectivity index (χ4n) is 2.12. The fraction of sp³-hybridized carbons (Fsp3) is 0.500. The molecule has 0 radical (unpaired) electrons. The molecule has 2 N–H and O–H groups in total. The van der Waals surface area contributed by atoms with E-state index in [0.717, 1.165) is 25.9 Å². The van der Waals surface area contributed by atoms with E-state index in [1.54, 1.807) is 18.2 Å². The van der Waals surface area contributed by atoms with Crippen LogP contribution in [0.2, 0.25) is 10.0 Å². The zero-order chi connectivity index (χ0) is 14.4. The molecule has 0 spiro atoms. The Bertz CT molecular complexity index is 466. The summed E-state index contributed by atoms with van der Waals surface area (Å²) in [5.41, 5.74) is 0. The Hall–Kier alpha value is -0.680. The number of hydrogen-bond acceptors (Lipinski definition) is 3. The van der Waals surface area contributed by atoms with Gasteiger partial charge in [0.15, 0.2) is 0 Å². The SMILES string of the molecule is Cl.O=C(CCOc1ccc(Cl)cc1Cl)NC1CCCNC1. The van der Waals surface area contributed by atoms with Gasteiger partial charge in [0.05, 0.1) is 18.1 Å². The third-order valence-electron chi connectivity index (χ3n) is 3.14. The van der Waals surface area contributed by atoms with E-state index in [1.807, 2.05) is 0 Å². The zero-order valence-electron chi connectivity index (χ0n) is 11.5. The number of benzene rings is 1. The first-order valence-corrected chi connectivity index (χ1v) is 7.48. The second-order valence-corrected chi connectivity index (χ2v) is 5.63. The highest BCUT2D eigenvalue weighted by molar-refractivity contribution is 6.35. The highest BCUT2D eigenvalue weighted by Gasteiger charge is 2.15. The quantitative estimate of drug-likeness (QED) is 0.855. The number of hydrogen-bond donors (Lipinski definition) is 2. The molecule has 0 bridgehead atoms. The first-order valence-electron chi connectivity index (χ1n) is 6.73. The zero-order valence-corrected chi connectivity index (χ0v) is 13.9. The van der Waals surface area contributed by atoms with Crippen LogP contribution in [0.4, 0.5) is 0 Å². The van der Waals surface area contributed by atoms with E-state index in [2.05, 4.69) is 10.6 Å². The summed E-state index contributed by atoms with van der Waals surface area (Å²) in [4.78, 5) is 11.8. The second-order valence-electron chi connectivity index (χ2n) is 4.78.